The van der Waals surface area contributed by atoms with Crippen LogP contribution in [-0.4, -0.2) is 17.9 Å². The van der Waals surface area contributed by atoms with Crippen LogP contribution in [0.5, 0.6) is 0 Å². The van der Waals surface area contributed by atoms with Crippen LogP contribution in [0, 0.1) is 0 Å². The van der Waals surface area contributed by atoms with Crippen molar-refractivity contribution in [1.29, 1.82) is 0 Å². The van der Waals surface area contributed by atoms with Crippen molar-refractivity contribution in [3.8, 4) is 11.3 Å². The van der Waals surface area contributed by atoms with Gasteiger partial charge >= 0.3 is 6.18 Å². The Morgan fingerprint density at radius 2 is 1.86 bits per heavy atom. The van der Waals surface area contributed by atoms with E-state index in [1.54, 1.807) is 43.6 Å². The number of carbonyl (C=O) groups is 1. The van der Waals surface area contributed by atoms with E-state index >= 15 is 0 Å². The molecule has 1 heterocycles. The molecule has 3 rings (SSSR count). The van der Waals surface area contributed by atoms with Gasteiger partial charge in [-0.15, -0.1) is 0 Å². The van der Waals surface area contributed by atoms with Gasteiger partial charge in [-0.2, -0.15) is 13.2 Å². The molecule has 144 valence electrons. The number of amides is 1. The van der Waals surface area contributed by atoms with E-state index in [1.807, 2.05) is 0 Å². The van der Waals surface area contributed by atoms with Crippen LogP contribution in [0.25, 0.3) is 11.3 Å². The molecule has 0 saturated carbocycles. The van der Waals surface area contributed by atoms with Crippen LogP contribution in [0.2, 0.25) is 5.02 Å². The summed E-state index contributed by atoms with van der Waals surface area (Å²) in [6, 6.07) is 12.8. The first-order valence-electron chi connectivity index (χ1n) is 8.21. The number of hydrogen-bond donors (Lipinski definition) is 2. The fourth-order valence-corrected chi connectivity index (χ4v) is 2.90. The van der Waals surface area contributed by atoms with E-state index in [-0.39, 0.29) is 11.3 Å². The molecular weight excluding hydrogens is 391 g/mol. The van der Waals surface area contributed by atoms with E-state index in [0.717, 1.165) is 12.1 Å². The number of nitrogens with one attached hydrogen (secondary N) is 2. The Bertz CT molecular complexity index is 1020. The molecule has 0 aliphatic rings. The number of anilines is 2. The van der Waals surface area contributed by atoms with Crippen LogP contribution in [0.15, 0.2) is 60.8 Å². The van der Waals surface area contributed by atoms with Gasteiger partial charge in [0, 0.05) is 30.2 Å². The normalized spacial score (nSPS) is 11.2. The lowest BCUT2D eigenvalue weighted by Gasteiger charge is -2.13. The van der Waals surface area contributed by atoms with E-state index in [1.165, 1.54) is 12.1 Å². The van der Waals surface area contributed by atoms with E-state index in [0.29, 0.717) is 22.0 Å². The van der Waals surface area contributed by atoms with E-state index in [4.69, 9.17) is 11.6 Å². The third-order valence-electron chi connectivity index (χ3n) is 4.01. The molecule has 2 aromatic carbocycles. The van der Waals surface area contributed by atoms with Crippen molar-refractivity contribution in [2.45, 2.75) is 6.18 Å². The molecule has 0 bridgehead atoms. The third kappa shape index (κ3) is 4.26. The van der Waals surface area contributed by atoms with E-state index < -0.39 is 17.6 Å². The highest BCUT2D eigenvalue weighted by molar-refractivity contribution is 6.33. The Labute approximate surface area is 164 Å². The second kappa shape index (κ2) is 7.90. The lowest BCUT2D eigenvalue weighted by molar-refractivity contribution is -0.137. The second-order valence-corrected chi connectivity index (χ2v) is 6.28. The van der Waals surface area contributed by atoms with Crippen LogP contribution in [-0.2, 0) is 6.18 Å². The maximum atomic E-state index is 12.8. The van der Waals surface area contributed by atoms with Crippen molar-refractivity contribution in [2.75, 3.05) is 17.7 Å². The number of benzene rings is 2. The summed E-state index contributed by atoms with van der Waals surface area (Å²) in [6.07, 6.45) is -2.88. The highest BCUT2D eigenvalue weighted by atomic mass is 35.5. The van der Waals surface area contributed by atoms with Crippen molar-refractivity contribution >= 4 is 28.9 Å². The summed E-state index contributed by atoms with van der Waals surface area (Å²) >= 11 is 6.16. The van der Waals surface area contributed by atoms with Gasteiger partial charge in [-0.05, 0) is 42.5 Å². The standard InChI is InChI=1S/C20H15ClF3N3O/c1-25-17-10-12(18-16(21)6-3-9-26-18)7-8-15(17)19(28)27-14-5-2-4-13(11-14)20(22,23)24/h2-11,25H,1H3,(H,27,28). The van der Waals surface area contributed by atoms with Crippen molar-refractivity contribution in [3.05, 3.63) is 76.9 Å². The van der Waals surface area contributed by atoms with Gasteiger partial charge in [-0.1, -0.05) is 23.7 Å². The largest absolute Gasteiger partial charge is 0.416 e. The Kier molecular flexibility index (Phi) is 5.56. The maximum Gasteiger partial charge on any atom is 0.416 e. The van der Waals surface area contributed by atoms with Gasteiger partial charge in [0.25, 0.3) is 5.91 Å². The molecule has 0 saturated heterocycles. The van der Waals surface area contributed by atoms with E-state index in [9.17, 15) is 18.0 Å². The van der Waals surface area contributed by atoms with Crippen molar-refractivity contribution in [2.24, 2.45) is 0 Å². The lowest BCUT2D eigenvalue weighted by atomic mass is 10.0. The molecule has 3 aromatic rings. The summed E-state index contributed by atoms with van der Waals surface area (Å²) in [5.74, 6) is -0.539. The number of hydrogen-bond acceptors (Lipinski definition) is 3. The minimum Gasteiger partial charge on any atom is -0.387 e. The fourth-order valence-electron chi connectivity index (χ4n) is 2.67. The first-order valence-corrected chi connectivity index (χ1v) is 8.58. The number of pyridine rings is 1. The summed E-state index contributed by atoms with van der Waals surface area (Å²) < 4.78 is 38.5. The van der Waals surface area contributed by atoms with Gasteiger partial charge in [0.15, 0.2) is 0 Å². The van der Waals surface area contributed by atoms with Crippen LogP contribution >= 0.6 is 11.6 Å². The zero-order valence-corrected chi connectivity index (χ0v) is 15.4. The predicted molar refractivity (Wildman–Crippen MR) is 104 cm³/mol. The summed E-state index contributed by atoms with van der Waals surface area (Å²) in [4.78, 5) is 16.8. The van der Waals surface area contributed by atoms with Gasteiger partial charge in [0.05, 0.1) is 21.8 Å². The number of alkyl halides is 3. The van der Waals surface area contributed by atoms with Gasteiger partial charge in [0.2, 0.25) is 0 Å². The van der Waals surface area contributed by atoms with Crippen LogP contribution < -0.4 is 10.6 Å². The van der Waals surface area contributed by atoms with Crippen molar-refractivity contribution in [3.63, 3.8) is 0 Å². The van der Waals surface area contributed by atoms with Crippen molar-refractivity contribution in [1.82, 2.24) is 4.98 Å². The first-order chi connectivity index (χ1) is 13.3. The Morgan fingerprint density at radius 1 is 1.07 bits per heavy atom. The molecular formula is C20H15ClF3N3O. The SMILES string of the molecule is CNc1cc(-c2ncccc2Cl)ccc1C(=O)Nc1cccc(C(F)(F)F)c1. The quantitative estimate of drug-likeness (QED) is 0.584. The first kappa shape index (κ1) is 19.7. The van der Waals surface area contributed by atoms with Crippen molar-refractivity contribution < 1.29 is 18.0 Å². The molecule has 0 aliphatic carbocycles. The molecule has 0 spiro atoms. The highest BCUT2D eigenvalue weighted by Crippen LogP contribution is 2.32. The maximum absolute atomic E-state index is 12.8. The zero-order valence-electron chi connectivity index (χ0n) is 14.6. The number of aromatic nitrogens is 1. The van der Waals surface area contributed by atoms with Crippen LogP contribution in [0.4, 0.5) is 24.5 Å². The number of rotatable bonds is 4. The van der Waals surface area contributed by atoms with Gasteiger partial charge in [-0.3, -0.25) is 9.78 Å². The minimum absolute atomic E-state index is 0.0544. The molecule has 8 heteroatoms. The molecule has 0 unspecified atom stereocenters. The molecule has 1 aromatic heterocycles. The number of carbonyl (C=O) groups excluding carboxylic acids is 1. The van der Waals surface area contributed by atoms with Crippen LogP contribution in [0.3, 0.4) is 0 Å². The van der Waals surface area contributed by atoms with Crippen LogP contribution in [0.1, 0.15) is 15.9 Å². The fraction of sp³-hybridized carbons (Fsp3) is 0.100. The summed E-state index contributed by atoms with van der Waals surface area (Å²) in [5.41, 5.74) is 1.24. The average Bonchev–Trinajstić information content (AvgIpc) is 2.67. The smallest absolute Gasteiger partial charge is 0.387 e. The van der Waals surface area contributed by atoms with E-state index in [2.05, 4.69) is 15.6 Å². The second-order valence-electron chi connectivity index (χ2n) is 5.88. The van der Waals surface area contributed by atoms with Gasteiger partial charge in [0.1, 0.15) is 0 Å². The highest BCUT2D eigenvalue weighted by Gasteiger charge is 2.30. The van der Waals surface area contributed by atoms with Gasteiger partial charge < -0.3 is 10.6 Å². The monoisotopic (exact) mass is 405 g/mol. The topological polar surface area (TPSA) is 54.0 Å². The number of nitrogens with zero attached hydrogens (tertiary/aromatic N) is 1. The molecule has 4 nitrogen and oxygen atoms in total. The molecule has 0 fully saturated rings. The van der Waals surface area contributed by atoms with Gasteiger partial charge in [-0.25, -0.2) is 0 Å². The Morgan fingerprint density at radius 3 is 2.54 bits per heavy atom. The lowest BCUT2D eigenvalue weighted by Crippen LogP contribution is -2.15. The molecule has 0 radical (unpaired) electrons. The Balaban J connectivity index is 1.89. The molecule has 0 aliphatic heterocycles. The molecule has 1 amide bonds. The zero-order chi connectivity index (χ0) is 20.3. The molecule has 2 N–H and O–H groups in total. The summed E-state index contributed by atoms with van der Waals surface area (Å²) in [5, 5.41) is 5.87. The molecule has 0 atom stereocenters. The summed E-state index contributed by atoms with van der Waals surface area (Å²) in [7, 11) is 1.64. The predicted octanol–water partition coefficient (Wildman–Crippen LogP) is 5.71. The Hall–Kier alpha value is -3.06. The minimum atomic E-state index is -4.49. The average molecular weight is 406 g/mol. The third-order valence-corrected chi connectivity index (χ3v) is 4.32. The number of halogens is 4. The summed E-state index contributed by atoms with van der Waals surface area (Å²) in [6.45, 7) is 0. The molecule has 28 heavy (non-hydrogen) atoms.